The van der Waals surface area contributed by atoms with Gasteiger partial charge in [-0.2, -0.15) is 0 Å². The second-order valence-electron chi connectivity index (χ2n) is 13.9. The number of halogens is 1. The van der Waals surface area contributed by atoms with Crippen LogP contribution in [-0.4, -0.2) is 47.1 Å². The molecule has 1 heterocycles. The first-order chi connectivity index (χ1) is 15.4. The maximum Gasteiger partial charge on any atom is 0.306 e. The number of esters is 1. The Labute approximate surface area is 211 Å². The molecule has 1 aliphatic heterocycles. The van der Waals surface area contributed by atoms with Crippen molar-refractivity contribution >= 4 is 22.6 Å². The van der Waals surface area contributed by atoms with Crippen LogP contribution in [0.15, 0.2) is 0 Å². The lowest BCUT2D eigenvalue weighted by molar-refractivity contribution is -0.141. The molecule has 1 unspecified atom stereocenters. The average Bonchev–Trinajstić information content (AvgIpc) is 3.16. The first-order valence-corrected chi connectivity index (χ1v) is 19.4. The standard InChI is InChI=1S/C27H53FO4Si2/c1-12-13-14-21(28)22(31-33(8,9)26(2,3)4)16-15-19-20-17-25(29)30-23(20)18-24(19)32-34(10,11)27(5,6)7/h19-24H,12-18H2,1-11H3/t19-,20-,21?,22+,23+,24-/m0/s1. The molecule has 0 aromatic rings. The Kier molecular flexibility index (Phi) is 9.71. The third-order valence-electron chi connectivity index (χ3n) is 9.18. The molecule has 2 aliphatic rings. The highest BCUT2D eigenvalue weighted by Gasteiger charge is 2.53. The number of hydrogen-bond acceptors (Lipinski definition) is 4. The quantitative estimate of drug-likeness (QED) is 0.206. The predicted molar refractivity (Wildman–Crippen MR) is 144 cm³/mol. The first kappa shape index (κ1) is 30.0. The van der Waals surface area contributed by atoms with Gasteiger partial charge in [0.1, 0.15) is 12.3 Å². The van der Waals surface area contributed by atoms with Gasteiger partial charge in [-0.3, -0.25) is 4.79 Å². The summed E-state index contributed by atoms with van der Waals surface area (Å²) < 4.78 is 34.7. The minimum Gasteiger partial charge on any atom is -0.462 e. The largest absolute Gasteiger partial charge is 0.462 e. The minimum absolute atomic E-state index is 0.0356. The van der Waals surface area contributed by atoms with E-state index in [1.165, 1.54) is 0 Å². The number of unbranched alkanes of at least 4 members (excludes halogenated alkanes) is 1. The minimum atomic E-state index is -2.11. The molecule has 4 nitrogen and oxygen atoms in total. The molecule has 7 heteroatoms. The Morgan fingerprint density at radius 3 is 2.15 bits per heavy atom. The molecular formula is C27H53FO4Si2. The van der Waals surface area contributed by atoms with Crippen LogP contribution < -0.4 is 0 Å². The lowest BCUT2D eigenvalue weighted by Crippen LogP contribution is -2.47. The number of carbonyl (C=O) groups is 1. The van der Waals surface area contributed by atoms with Gasteiger partial charge in [0.2, 0.25) is 0 Å². The van der Waals surface area contributed by atoms with Crippen LogP contribution >= 0.6 is 0 Å². The lowest BCUT2D eigenvalue weighted by Gasteiger charge is -2.42. The van der Waals surface area contributed by atoms with Crippen LogP contribution in [0.4, 0.5) is 4.39 Å². The summed E-state index contributed by atoms with van der Waals surface area (Å²) in [6.45, 7) is 24.5. The number of carbonyl (C=O) groups excluding carboxylic acids is 1. The van der Waals surface area contributed by atoms with Crippen LogP contribution in [0.5, 0.6) is 0 Å². The molecule has 34 heavy (non-hydrogen) atoms. The SMILES string of the molecule is CCCCC(F)[C@@H](CC[C@H]1[C@@H]2CC(=O)O[C@@H]2C[C@@H]1O[Si](C)(C)C(C)(C)C)O[Si](C)(C)C(C)(C)C. The van der Waals surface area contributed by atoms with Crippen LogP contribution in [0, 0.1) is 11.8 Å². The smallest absolute Gasteiger partial charge is 0.306 e. The molecule has 0 N–H and O–H groups in total. The van der Waals surface area contributed by atoms with E-state index in [9.17, 15) is 4.79 Å². The molecule has 200 valence electrons. The topological polar surface area (TPSA) is 44.8 Å². The summed E-state index contributed by atoms with van der Waals surface area (Å²) in [6, 6.07) is 0. The summed E-state index contributed by atoms with van der Waals surface area (Å²) in [6.07, 6.45) is 3.85. The first-order valence-electron chi connectivity index (χ1n) is 13.6. The summed E-state index contributed by atoms with van der Waals surface area (Å²) in [5, 5.41) is 0.151. The molecule has 1 aliphatic carbocycles. The number of fused-ring (bicyclic) bond motifs is 1. The Bertz CT molecular complexity index is 683. The Hall–Kier alpha value is -0.246. The van der Waals surface area contributed by atoms with Crippen molar-refractivity contribution in [1.82, 2.24) is 0 Å². The zero-order chi connectivity index (χ0) is 26.1. The molecule has 1 saturated carbocycles. The van der Waals surface area contributed by atoms with E-state index < -0.39 is 28.9 Å². The highest BCUT2D eigenvalue weighted by molar-refractivity contribution is 6.74. The number of ether oxygens (including phenoxy) is 1. The van der Waals surface area contributed by atoms with Crippen LogP contribution in [0.3, 0.4) is 0 Å². The molecule has 0 aromatic carbocycles. The van der Waals surface area contributed by atoms with Crippen molar-refractivity contribution in [3.63, 3.8) is 0 Å². The van der Waals surface area contributed by atoms with E-state index in [1.54, 1.807) is 0 Å². The average molecular weight is 517 g/mol. The van der Waals surface area contributed by atoms with Crippen LogP contribution in [0.1, 0.15) is 93.4 Å². The van der Waals surface area contributed by atoms with Crippen molar-refractivity contribution < 1.29 is 22.8 Å². The fourth-order valence-electron chi connectivity index (χ4n) is 4.86. The van der Waals surface area contributed by atoms with Gasteiger partial charge in [-0.25, -0.2) is 4.39 Å². The normalized spacial score (nSPS) is 28.1. The summed E-state index contributed by atoms with van der Waals surface area (Å²) in [5.74, 6) is 0.310. The monoisotopic (exact) mass is 516 g/mol. The molecule has 2 fully saturated rings. The maximum atomic E-state index is 15.5. The summed E-state index contributed by atoms with van der Waals surface area (Å²) in [5.41, 5.74) is 0. The van der Waals surface area contributed by atoms with E-state index in [0.717, 1.165) is 25.7 Å². The second kappa shape index (κ2) is 11.0. The van der Waals surface area contributed by atoms with Crippen molar-refractivity contribution in [2.45, 2.75) is 154 Å². The van der Waals surface area contributed by atoms with Crippen molar-refractivity contribution in [1.29, 1.82) is 0 Å². The number of alkyl halides is 1. The van der Waals surface area contributed by atoms with Gasteiger partial charge >= 0.3 is 5.97 Å². The van der Waals surface area contributed by atoms with Crippen molar-refractivity contribution in [2.75, 3.05) is 0 Å². The van der Waals surface area contributed by atoms with Gasteiger partial charge in [-0.05, 0) is 61.4 Å². The van der Waals surface area contributed by atoms with Crippen LogP contribution in [-0.2, 0) is 18.4 Å². The van der Waals surface area contributed by atoms with Crippen molar-refractivity contribution in [3.05, 3.63) is 0 Å². The predicted octanol–water partition coefficient (Wildman–Crippen LogP) is 8.03. The number of rotatable bonds is 11. The van der Waals surface area contributed by atoms with Gasteiger partial charge in [0, 0.05) is 12.3 Å². The zero-order valence-corrected chi connectivity index (χ0v) is 25.9. The fraction of sp³-hybridized carbons (Fsp3) is 0.963. The Balaban J connectivity index is 2.21. The van der Waals surface area contributed by atoms with Gasteiger partial charge in [0.05, 0.1) is 18.6 Å². The number of hydrogen-bond donors (Lipinski definition) is 0. The molecule has 1 saturated heterocycles. The van der Waals surface area contributed by atoms with E-state index in [0.29, 0.717) is 19.3 Å². The van der Waals surface area contributed by atoms with Crippen molar-refractivity contribution in [3.8, 4) is 0 Å². The third-order valence-corrected chi connectivity index (χ3v) is 18.2. The van der Waals surface area contributed by atoms with E-state index in [1.807, 2.05) is 0 Å². The third kappa shape index (κ3) is 7.16. The molecule has 2 rings (SSSR count). The molecule has 6 atom stereocenters. The molecule has 0 aromatic heterocycles. The highest BCUT2D eigenvalue weighted by Crippen LogP contribution is 2.48. The Morgan fingerprint density at radius 2 is 1.62 bits per heavy atom. The zero-order valence-electron chi connectivity index (χ0n) is 23.9. The van der Waals surface area contributed by atoms with Gasteiger partial charge in [-0.15, -0.1) is 0 Å². The van der Waals surface area contributed by atoms with Gasteiger partial charge < -0.3 is 13.6 Å². The molecular weight excluding hydrogens is 463 g/mol. The van der Waals surface area contributed by atoms with E-state index in [4.69, 9.17) is 13.6 Å². The van der Waals surface area contributed by atoms with Gasteiger partial charge in [-0.1, -0.05) is 61.3 Å². The van der Waals surface area contributed by atoms with Gasteiger partial charge in [0.15, 0.2) is 16.6 Å². The second-order valence-corrected chi connectivity index (χ2v) is 23.4. The maximum absolute atomic E-state index is 15.5. The highest BCUT2D eigenvalue weighted by atomic mass is 28.4. The molecule has 0 bridgehead atoms. The summed E-state index contributed by atoms with van der Waals surface area (Å²) in [4.78, 5) is 12.1. The van der Waals surface area contributed by atoms with Gasteiger partial charge in [0.25, 0.3) is 0 Å². The fourth-order valence-corrected chi connectivity index (χ4v) is 7.62. The van der Waals surface area contributed by atoms with E-state index in [2.05, 4.69) is 74.7 Å². The van der Waals surface area contributed by atoms with Crippen molar-refractivity contribution in [2.24, 2.45) is 11.8 Å². The van der Waals surface area contributed by atoms with E-state index in [-0.39, 0.29) is 40.1 Å². The lowest BCUT2D eigenvalue weighted by atomic mass is 9.86. The summed E-state index contributed by atoms with van der Waals surface area (Å²) >= 11 is 0. The summed E-state index contributed by atoms with van der Waals surface area (Å²) in [7, 11) is -4.08. The molecule has 0 radical (unpaired) electrons. The van der Waals surface area contributed by atoms with Crippen LogP contribution in [0.2, 0.25) is 36.3 Å². The molecule has 0 amide bonds. The van der Waals surface area contributed by atoms with E-state index >= 15 is 4.39 Å². The van der Waals surface area contributed by atoms with Crippen LogP contribution in [0.25, 0.3) is 0 Å². The molecule has 0 spiro atoms. The Morgan fingerprint density at radius 1 is 1.03 bits per heavy atom.